The number of rotatable bonds is 3. The van der Waals surface area contributed by atoms with E-state index >= 15 is 0 Å². The topological polar surface area (TPSA) is 0 Å². The molecule has 3 aromatic carbocycles. The third-order valence-corrected chi connectivity index (χ3v) is 5.49. The average Bonchev–Trinajstić information content (AvgIpc) is 2.58. The minimum atomic E-state index is -3.67. The summed E-state index contributed by atoms with van der Waals surface area (Å²) < 4.78 is 29.0. The molecular formula is C19H16CuF3P. The molecule has 24 heavy (non-hydrogen) atoms. The molecule has 0 saturated heterocycles. The monoisotopic (exact) mass is 395 g/mol. The molecule has 0 atom stereocenters. The Morgan fingerprint density at radius 1 is 0.500 bits per heavy atom. The predicted octanol–water partition coefficient (Wildman–Crippen LogP) is 4.62. The van der Waals surface area contributed by atoms with E-state index in [9.17, 15) is 13.2 Å². The third-order valence-electron chi connectivity index (χ3n) is 3.04. The molecule has 0 aromatic heterocycles. The van der Waals surface area contributed by atoms with Crippen LogP contribution in [0.2, 0.25) is 0 Å². The SMILES string of the molecule is FC(F)F.[Cu].c1ccc(P(c2ccccc2)c2ccccc2)cc1. The van der Waals surface area contributed by atoms with E-state index in [1.54, 1.807) is 0 Å². The van der Waals surface area contributed by atoms with E-state index in [2.05, 4.69) is 91.0 Å². The predicted molar refractivity (Wildman–Crippen MR) is 92.3 cm³/mol. The van der Waals surface area contributed by atoms with Crippen LogP contribution in [0.1, 0.15) is 0 Å². The second-order valence-electron chi connectivity index (χ2n) is 4.59. The summed E-state index contributed by atoms with van der Waals surface area (Å²) in [6.07, 6.45) is 0. The Bertz CT molecular complexity index is 582. The van der Waals surface area contributed by atoms with Crippen LogP contribution in [0.4, 0.5) is 13.2 Å². The largest absolute Gasteiger partial charge is 0.379 e. The second-order valence-corrected chi connectivity index (χ2v) is 6.81. The van der Waals surface area contributed by atoms with E-state index in [-0.39, 0.29) is 17.1 Å². The van der Waals surface area contributed by atoms with Crippen LogP contribution in [0.5, 0.6) is 0 Å². The number of hydrogen-bond acceptors (Lipinski definition) is 0. The maximum absolute atomic E-state index is 9.67. The van der Waals surface area contributed by atoms with Crippen molar-refractivity contribution in [2.24, 2.45) is 0 Å². The maximum Gasteiger partial charge on any atom is 0.379 e. The summed E-state index contributed by atoms with van der Waals surface area (Å²) in [7, 11) is -0.446. The van der Waals surface area contributed by atoms with Gasteiger partial charge in [-0.1, -0.05) is 91.0 Å². The first kappa shape index (κ1) is 20.4. The van der Waals surface area contributed by atoms with Crippen molar-refractivity contribution in [3.8, 4) is 0 Å². The first-order valence-electron chi connectivity index (χ1n) is 7.06. The van der Waals surface area contributed by atoms with Gasteiger partial charge in [0, 0.05) is 17.1 Å². The van der Waals surface area contributed by atoms with Gasteiger partial charge in [0.25, 0.3) is 0 Å². The molecule has 0 aliphatic heterocycles. The van der Waals surface area contributed by atoms with Crippen molar-refractivity contribution >= 4 is 23.8 Å². The zero-order valence-electron chi connectivity index (χ0n) is 12.6. The Morgan fingerprint density at radius 3 is 0.917 bits per heavy atom. The van der Waals surface area contributed by atoms with E-state index < -0.39 is 14.6 Å². The molecule has 0 heterocycles. The van der Waals surface area contributed by atoms with Crippen LogP contribution in [0.25, 0.3) is 0 Å². The molecule has 0 unspecified atom stereocenters. The van der Waals surface area contributed by atoms with Crippen molar-refractivity contribution in [1.82, 2.24) is 0 Å². The summed E-state index contributed by atoms with van der Waals surface area (Å²) in [6, 6.07) is 32.3. The van der Waals surface area contributed by atoms with Gasteiger partial charge < -0.3 is 0 Å². The van der Waals surface area contributed by atoms with Gasteiger partial charge in [-0.3, -0.25) is 0 Å². The molecule has 0 nitrogen and oxygen atoms in total. The third kappa shape index (κ3) is 6.49. The summed E-state index contributed by atoms with van der Waals surface area (Å²) in [5.74, 6) is 0. The fourth-order valence-electron chi connectivity index (χ4n) is 2.18. The fraction of sp³-hybridized carbons (Fsp3) is 0.0526. The van der Waals surface area contributed by atoms with Crippen LogP contribution in [-0.2, 0) is 17.1 Å². The Kier molecular flexibility index (Phi) is 9.41. The summed E-state index contributed by atoms with van der Waals surface area (Å²) in [5, 5.41) is 4.19. The Balaban J connectivity index is 0.000000522. The minimum Gasteiger partial charge on any atom is -0.174 e. The van der Waals surface area contributed by atoms with Gasteiger partial charge in [-0.15, -0.1) is 0 Å². The number of alkyl halides is 3. The van der Waals surface area contributed by atoms with Gasteiger partial charge in [0.2, 0.25) is 0 Å². The van der Waals surface area contributed by atoms with E-state index in [0.29, 0.717) is 0 Å². The molecule has 0 spiro atoms. The van der Waals surface area contributed by atoms with Crippen LogP contribution in [-0.4, -0.2) is 6.68 Å². The molecule has 1 radical (unpaired) electrons. The minimum absolute atomic E-state index is 0. The molecule has 0 saturated carbocycles. The van der Waals surface area contributed by atoms with Gasteiger partial charge in [-0.25, -0.2) is 0 Å². The Morgan fingerprint density at radius 2 is 0.708 bits per heavy atom. The Labute approximate surface area is 152 Å². The average molecular weight is 396 g/mol. The van der Waals surface area contributed by atoms with Gasteiger partial charge in [-0.2, -0.15) is 13.2 Å². The molecule has 0 aliphatic rings. The van der Waals surface area contributed by atoms with Gasteiger partial charge in [0.15, 0.2) is 0 Å². The van der Waals surface area contributed by atoms with Crippen LogP contribution < -0.4 is 15.9 Å². The normalized spacial score (nSPS) is 9.88. The van der Waals surface area contributed by atoms with Crippen LogP contribution >= 0.6 is 7.92 Å². The van der Waals surface area contributed by atoms with Gasteiger partial charge >= 0.3 is 6.68 Å². The molecule has 3 rings (SSSR count). The van der Waals surface area contributed by atoms with Crippen molar-refractivity contribution < 1.29 is 30.2 Å². The van der Waals surface area contributed by atoms with Crippen LogP contribution in [0, 0.1) is 0 Å². The fourth-order valence-corrected chi connectivity index (χ4v) is 4.48. The molecule has 129 valence electrons. The zero-order chi connectivity index (χ0) is 16.5. The van der Waals surface area contributed by atoms with E-state index in [4.69, 9.17) is 0 Å². The van der Waals surface area contributed by atoms with Gasteiger partial charge in [0.1, 0.15) is 0 Å². The van der Waals surface area contributed by atoms with Crippen LogP contribution in [0.3, 0.4) is 0 Å². The molecule has 0 amide bonds. The number of benzene rings is 3. The first-order valence-corrected chi connectivity index (χ1v) is 8.40. The summed E-state index contributed by atoms with van der Waals surface area (Å²) in [5.41, 5.74) is 0. The molecule has 0 N–H and O–H groups in total. The molecule has 0 fully saturated rings. The van der Waals surface area contributed by atoms with E-state index in [1.807, 2.05) is 0 Å². The van der Waals surface area contributed by atoms with E-state index in [1.165, 1.54) is 15.9 Å². The first-order chi connectivity index (χ1) is 11.2. The molecular weight excluding hydrogens is 380 g/mol. The second kappa shape index (κ2) is 11.0. The van der Waals surface area contributed by atoms with Crippen molar-refractivity contribution in [2.45, 2.75) is 6.68 Å². The van der Waals surface area contributed by atoms with E-state index in [0.717, 1.165) is 0 Å². The molecule has 0 aliphatic carbocycles. The maximum atomic E-state index is 9.67. The summed E-state index contributed by atoms with van der Waals surface area (Å²) in [6.45, 7) is -3.67. The summed E-state index contributed by atoms with van der Waals surface area (Å²) >= 11 is 0. The van der Waals surface area contributed by atoms with Gasteiger partial charge in [0.05, 0.1) is 0 Å². The summed E-state index contributed by atoms with van der Waals surface area (Å²) in [4.78, 5) is 0. The quantitative estimate of drug-likeness (QED) is 0.448. The number of hydrogen-bond donors (Lipinski definition) is 0. The van der Waals surface area contributed by atoms with Crippen molar-refractivity contribution in [2.75, 3.05) is 0 Å². The van der Waals surface area contributed by atoms with Gasteiger partial charge in [-0.05, 0) is 23.8 Å². The Hall–Kier alpha value is -1.60. The van der Waals surface area contributed by atoms with Crippen LogP contribution in [0.15, 0.2) is 91.0 Å². The molecule has 3 aromatic rings. The standard InChI is InChI=1S/C18H15P.CHF3.Cu/c1-4-10-16(11-5-1)19(17-12-6-2-7-13-17)18-14-8-3-9-15-18;2-1(3)4;/h1-15H;1H;. The molecule has 5 heteroatoms. The van der Waals surface area contributed by atoms with Crippen molar-refractivity contribution in [3.63, 3.8) is 0 Å². The molecule has 0 bridgehead atoms. The number of halogens is 3. The smallest absolute Gasteiger partial charge is 0.174 e. The van der Waals surface area contributed by atoms with Crippen molar-refractivity contribution in [3.05, 3.63) is 91.0 Å². The zero-order valence-corrected chi connectivity index (χ0v) is 14.5. The van der Waals surface area contributed by atoms with Crippen molar-refractivity contribution in [1.29, 1.82) is 0 Å².